The summed E-state index contributed by atoms with van der Waals surface area (Å²) in [4.78, 5) is 0. The van der Waals surface area contributed by atoms with Crippen LogP contribution in [0, 0.1) is 5.41 Å². The highest BCUT2D eigenvalue weighted by Gasteiger charge is 2.35. The standard InChI is InChI=1S/C7H13F2N/c1-7(6(8)9)3-2-4-10-5-7/h6,10H,2-5H2,1H3/t7-/m0/s1. The normalized spacial score (nSPS) is 34.8. The number of piperidine rings is 1. The highest BCUT2D eigenvalue weighted by atomic mass is 19.3. The van der Waals surface area contributed by atoms with Gasteiger partial charge in [-0.3, -0.25) is 0 Å². The zero-order valence-electron chi connectivity index (χ0n) is 6.16. The Balaban J connectivity index is 2.48. The van der Waals surface area contributed by atoms with E-state index in [1.165, 1.54) is 0 Å². The van der Waals surface area contributed by atoms with Crippen molar-refractivity contribution in [2.24, 2.45) is 5.41 Å². The van der Waals surface area contributed by atoms with E-state index in [0.29, 0.717) is 13.0 Å². The van der Waals surface area contributed by atoms with Crippen LogP contribution >= 0.6 is 0 Å². The molecule has 1 N–H and O–H groups in total. The van der Waals surface area contributed by atoms with Crippen LogP contribution in [0.3, 0.4) is 0 Å². The van der Waals surface area contributed by atoms with E-state index in [1.54, 1.807) is 6.92 Å². The third-order valence-electron chi connectivity index (χ3n) is 2.16. The minimum atomic E-state index is -2.18. The maximum Gasteiger partial charge on any atom is 0.245 e. The molecule has 1 rings (SSSR count). The fraction of sp³-hybridized carbons (Fsp3) is 1.00. The maximum absolute atomic E-state index is 12.3. The van der Waals surface area contributed by atoms with E-state index < -0.39 is 11.8 Å². The summed E-state index contributed by atoms with van der Waals surface area (Å²) in [6, 6.07) is 0. The van der Waals surface area contributed by atoms with Crippen LogP contribution in [-0.4, -0.2) is 19.5 Å². The lowest BCUT2D eigenvalue weighted by molar-refractivity contribution is -0.00837. The summed E-state index contributed by atoms with van der Waals surface area (Å²) >= 11 is 0. The first-order valence-corrected chi connectivity index (χ1v) is 3.64. The van der Waals surface area contributed by atoms with Crippen molar-refractivity contribution in [1.82, 2.24) is 5.32 Å². The number of hydrogen-bond donors (Lipinski definition) is 1. The van der Waals surface area contributed by atoms with Crippen molar-refractivity contribution in [2.75, 3.05) is 13.1 Å². The van der Waals surface area contributed by atoms with Gasteiger partial charge in [-0.15, -0.1) is 0 Å². The van der Waals surface area contributed by atoms with Gasteiger partial charge >= 0.3 is 0 Å². The van der Waals surface area contributed by atoms with Gasteiger partial charge in [0.1, 0.15) is 0 Å². The highest BCUT2D eigenvalue weighted by Crippen LogP contribution is 2.31. The Bertz CT molecular complexity index is 108. The molecule has 1 saturated heterocycles. The van der Waals surface area contributed by atoms with E-state index in [1.807, 2.05) is 0 Å². The van der Waals surface area contributed by atoms with Crippen molar-refractivity contribution in [1.29, 1.82) is 0 Å². The molecule has 1 fully saturated rings. The number of halogens is 2. The summed E-state index contributed by atoms with van der Waals surface area (Å²) in [7, 11) is 0. The summed E-state index contributed by atoms with van der Waals surface area (Å²) in [5.41, 5.74) is -0.766. The van der Waals surface area contributed by atoms with Gasteiger partial charge in [-0.05, 0) is 19.4 Å². The smallest absolute Gasteiger partial charge is 0.245 e. The molecular weight excluding hydrogens is 136 g/mol. The molecule has 1 atom stereocenters. The van der Waals surface area contributed by atoms with Gasteiger partial charge in [-0.25, -0.2) is 8.78 Å². The van der Waals surface area contributed by atoms with Crippen LogP contribution < -0.4 is 5.32 Å². The van der Waals surface area contributed by atoms with Crippen LogP contribution in [0.5, 0.6) is 0 Å². The van der Waals surface area contributed by atoms with Crippen LogP contribution in [0.15, 0.2) is 0 Å². The van der Waals surface area contributed by atoms with E-state index in [-0.39, 0.29) is 0 Å². The summed E-state index contributed by atoms with van der Waals surface area (Å²) in [6.07, 6.45) is -0.654. The molecule has 3 heteroatoms. The predicted octanol–water partition coefficient (Wildman–Crippen LogP) is 1.64. The zero-order valence-corrected chi connectivity index (χ0v) is 6.16. The van der Waals surface area contributed by atoms with Crippen LogP contribution in [0.1, 0.15) is 19.8 Å². The lowest BCUT2D eigenvalue weighted by atomic mass is 9.83. The number of alkyl halides is 2. The van der Waals surface area contributed by atoms with Gasteiger partial charge < -0.3 is 5.32 Å². The molecule has 10 heavy (non-hydrogen) atoms. The average Bonchev–Trinajstić information content (AvgIpc) is 1.89. The van der Waals surface area contributed by atoms with E-state index in [4.69, 9.17) is 0 Å². The molecule has 0 aliphatic carbocycles. The molecule has 60 valence electrons. The third-order valence-corrected chi connectivity index (χ3v) is 2.16. The largest absolute Gasteiger partial charge is 0.316 e. The maximum atomic E-state index is 12.3. The molecule has 0 spiro atoms. The minimum Gasteiger partial charge on any atom is -0.316 e. The van der Waals surface area contributed by atoms with Gasteiger partial charge in [-0.2, -0.15) is 0 Å². The van der Waals surface area contributed by atoms with E-state index in [2.05, 4.69) is 5.32 Å². The van der Waals surface area contributed by atoms with Gasteiger partial charge in [0.25, 0.3) is 0 Å². The average molecular weight is 149 g/mol. The fourth-order valence-electron chi connectivity index (χ4n) is 1.27. The Morgan fingerprint density at radius 1 is 1.50 bits per heavy atom. The number of hydrogen-bond acceptors (Lipinski definition) is 1. The number of nitrogens with one attached hydrogen (secondary N) is 1. The van der Waals surface area contributed by atoms with Gasteiger partial charge in [0, 0.05) is 12.0 Å². The summed E-state index contributed by atoms with van der Waals surface area (Å²) in [5, 5.41) is 2.98. The van der Waals surface area contributed by atoms with Gasteiger partial charge in [0.2, 0.25) is 6.43 Å². The summed E-state index contributed by atoms with van der Waals surface area (Å²) in [6.45, 7) is 3.00. The van der Waals surface area contributed by atoms with E-state index in [9.17, 15) is 8.78 Å². The molecule has 0 saturated carbocycles. The van der Waals surface area contributed by atoms with Crippen LogP contribution in [-0.2, 0) is 0 Å². The van der Waals surface area contributed by atoms with Crippen molar-refractivity contribution < 1.29 is 8.78 Å². The Kier molecular flexibility index (Phi) is 2.24. The van der Waals surface area contributed by atoms with Crippen LogP contribution in [0.25, 0.3) is 0 Å². The first-order valence-electron chi connectivity index (χ1n) is 3.64. The molecule has 0 aromatic rings. The Hall–Kier alpha value is -0.180. The topological polar surface area (TPSA) is 12.0 Å². The lowest BCUT2D eigenvalue weighted by Crippen LogP contribution is -2.42. The summed E-state index contributed by atoms with van der Waals surface area (Å²) < 4.78 is 24.5. The highest BCUT2D eigenvalue weighted by molar-refractivity contribution is 4.83. The first-order chi connectivity index (χ1) is 4.65. The number of rotatable bonds is 1. The lowest BCUT2D eigenvalue weighted by Gasteiger charge is -2.32. The molecule has 1 aliphatic heterocycles. The second kappa shape index (κ2) is 2.82. The molecule has 1 aliphatic rings. The minimum absolute atomic E-state index is 0.463. The van der Waals surface area contributed by atoms with Crippen molar-refractivity contribution in [3.8, 4) is 0 Å². The van der Waals surface area contributed by atoms with Crippen molar-refractivity contribution in [3.05, 3.63) is 0 Å². The molecule has 1 heterocycles. The zero-order chi connectivity index (χ0) is 7.61. The van der Waals surface area contributed by atoms with Crippen LogP contribution in [0.4, 0.5) is 8.78 Å². The molecule has 0 aromatic heterocycles. The molecule has 0 radical (unpaired) electrons. The summed E-state index contributed by atoms with van der Waals surface area (Å²) in [5.74, 6) is 0. The van der Waals surface area contributed by atoms with Crippen molar-refractivity contribution in [3.63, 3.8) is 0 Å². The van der Waals surface area contributed by atoms with Gasteiger partial charge in [-0.1, -0.05) is 6.92 Å². The molecule has 1 nitrogen and oxygen atoms in total. The van der Waals surface area contributed by atoms with Crippen molar-refractivity contribution in [2.45, 2.75) is 26.2 Å². The monoisotopic (exact) mass is 149 g/mol. The van der Waals surface area contributed by atoms with Crippen molar-refractivity contribution >= 4 is 0 Å². The van der Waals surface area contributed by atoms with Crippen LogP contribution in [0.2, 0.25) is 0 Å². The molecule has 0 bridgehead atoms. The Morgan fingerprint density at radius 2 is 2.20 bits per heavy atom. The molecule has 0 aromatic carbocycles. The second-order valence-electron chi connectivity index (χ2n) is 3.24. The fourth-order valence-corrected chi connectivity index (χ4v) is 1.27. The Morgan fingerprint density at radius 3 is 2.50 bits per heavy atom. The van der Waals surface area contributed by atoms with Gasteiger partial charge in [0.15, 0.2) is 0 Å². The quantitative estimate of drug-likeness (QED) is 0.597. The first kappa shape index (κ1) is 7.92. The second-order valence-corrected chi connectivity index (χ2v) is 3.24. The van der Waals surface area contributed by atoms with E-state index in [0.717, 1.165) is 13.0 Å². The molecule has 0 amide bonds. The third kappa shape index (κ3) is 1.45. The van der Waals surface area contributed by atoms with E-state index >= 15 is 0 Å². The molecular formula is C7H13F2N. The predicted molar refractivity (Wildman–Crippen MR) is 36.2 cm³/mol. The van der Waals surface area contributed by atoms with Gasteiger partial charge in [0.05, 0.1) is 0 Å². The Labute approximate surface area is 59.8 Å². The SMILES string of the molecule is C[C@]1(C(F)F)CCCNC1. The molecule has 0 unspecified atom stereocenters.